The highest BCUT2D eigenvalue weighted by Crippen LogP contribution is 2.46. The van der Waals surface area contributed by atoms with E-state index >= 15 is 4.39 Å². The Morgan fingerprint density at radius 2 is 1.81 bits per heavy atom. The van der Waals surface area contributed by atoms with Gasteiger partial charge in [0.15, 0.2) is 11.3 Å². The molecule has 0 saturated carbocycles. The van der Waals surface area contributed by atoms with Crippen LogP contribution in [0.4, 0.5) is 4.39 Å². The van der Waals surface area contributed by atoms with Gasteiger partial charge in [-0.2, -0.15) is 0 Å². The van der Waals surface area contributed by atoms with Gasteiger partial charge in [-0.25, -0.2) is 18.9 Å². The number of carbonyl (C=O) groups excluding carboxylic acids is 6. The summed E-state index contributed by atoms with van der Waals surface area (Å²) in [6.07, 6.45) is 2.36. The molecule has 0 unspecified atom stereocenters. The largest absolute Gasteiger partial charge is 0.458 e. The van der Waals surface area contributed by atoms with E-state index in [9.17, 15) is 38.7 Å². The van der Waals surface area contributed by atoms with Crippen molar-refractivity contribution < 1.29 is 47.7 Å². The molecule has 3 atom stereocenters. The number of hydrogen-bond acceptors (Lipinski definition) is 14. The van der Waals surface area contributed by atoms with Crippen LogP contribution in [0.3, 0.4) is 0 Å². The molecule has 1 aliphatic carbocycles. The Morgan fingerprint density at radius 3 is 2.57 bits per heavy atom. The number of aromatic nitrogens is 5. The highest BCUT2D eigenvalue weighted by atomic mass is 19.1. The molecule has 22 heteroatoms. The zero-order valence-electron chi connectivity index (χ0n) is 36.6. The van der Waals surface area contributed by atoms with E-state index in [-0.39, 0.29) is 75.8 Å². The molecule has 5 aromatic rings. The van der Waals surface area contributed by atoms with Gasteiger partial charge in [0.1, 0.15) is 25.2 Å². The number of hydrogen-bond donors (Lipinski definition) is 7. The van der Waals surface area contributed by atoms with E-state index < -0.39 is 71.1 Å². The first-order valence-electron chi connectivity index (χ1n) is 21.6. The Bertz CT molecular complexity index is 2890. The lowest BCUT2D eigenvalue weighted by Gasteiger charge is -2.31. The first-order chi connectivity index (χ1) is 32.2. The van der Waals surface area contributed by atoms with Crippen LogP contribution >= 0.6 is 0 Å². The van der Waals surface area contributed by atoms with E-state index in [0.717, 1.165) is 11.1 Å². The zero-order valence-corrected chi connectivity index (χ0v) is 36.6. The van der Waals surface area contributed by atoms with Crippen molar-refractivity contribution in [2.45, 2.75) is 76.9 Å². The van der Waals surface area contributed by atoms with Gasteiger partial charge >= 0.3 is 5.97 Å². The van der Waals surface area contributed by atoms with Crippen LogP contribution in [-0.2, 0) is 71.6 Å². The van der Waals surface area contributed by atoms with Gasteiger partial charge in [-0.15, -0.1) is 5.10 Å². The Kier molecular flexibility index (Phi) is 13.2. The fourth-order valence-electron chi connectivity index (χ4n) is 8.71. The van der Waals surface area contributed by atoms with Crippen LogP contribution in [0, 0.1) is 12.7 Å². The molecule has 3 aliphatic rings. The van der Waals surface area contributed by atoms with Crippen molar-refractivity contribution in [2.24, 2.45) is 5.73 Å². The number of carbonyl (C=O) groups is 6. The van der Waals surface area contributed by atoms with Gasteiger partial charge in [0.2, 0.25) is 23.6 Å². The molecule has 0 spiro atoms. The number of halogens is 1. The topological polar surface area (TPSA) is 293 Å². The lowest BCUT2D eigenvalue weighted by molar-refractivity contribution is -0.172. The number of aliphatic hydroxyl groups is 1. The zero-order chi connectivity index (χ0) is 47.6. The number of fused-ring (bicyclic) bond motifs is 5. The summed E-state index contributed by atoms with van der Waals surface area (Å²) in [6, 6.07) is 10.2. The maximum atomic E-state index is 15.4. The van der Waals surface area contributed by atoms with Gasteiger partial charge in [-0.1, -0.05) is 42.5 Å². The number of pyridine rings is 2. The van der Waals surface area contributed by atoms with Gasteiger partial charge in [0.05, 0.1) is 74.0 Å². The standard InChI is InChI=1S/C45H48FN11O10/c1-3-45(65)28-14-34-40-26(19-57(34)43(63)27(28)21-67-44(45)64)39-30(10-9-25-23(2)29(46)15-31(52-40)38(25)39)53-42(62)33-20-56(55-54-33)11-12-66-22-50-36(59)17-49-41(61)32(13-24-7-5-4-6-8-24)51-37(60)18-48-35(58)16-47/h4-8,14-15,20,30,32,65H,3,9-13,16-19,21-22,47H2,1-2H3,(H,48,58)(H,49,61)(H,50,59)(H,51,60)(H,53,62)/t30-,32-,45-/m0/s1. The number of nitrogens with two attached hydrogens (primary N) is 1. The molecule has 0 saturated heterocycles. The first-order valence-corrected chi connectivity index (χ1v) is 21.6. The van der Waals surface area contributed by atoms with Crippen molar-refractivity contribution >= 4 is 46.4 Å². The van der Waals surface area contributed by atoms with Crippen molar-refractivity contribution in [3.05, 3.63) is 109 Å². The number of nitrogens with zero attached hydrogens (tertiary/aromatic N) is 5. The number of nitrogens with one attached hydrogen (secondary N) is 5. The molecule has 2 aromatic carbocycles. The second-order valence-corrected chi connectivity index (χ2v) is 16.4. The van der Waals surface area contributed by atoms with E-state index in [1.54, 1.807) is 50.2 Å². The predicted octanol–water partition coefficient (Wildman–Crippen LogP) is -0.455. The van der Waals surface area contributed by atoms with Crippen molar-refractivity contribution in [1.29, 1.82) is 0 Å². The minimum absolute atomic E-state index is 0.00448. The van der Waals surface area contributed by atoms with Crippen molar-refractivity contribution in [2.75, 3.05) is 33.0 Å². The van der Waals surface area contributed by atoms with Crippen molar-refractivity contribution in [3.8, 4) is 11.4 Å². The lowest BCUT2D eigenvalue weighted by atomic mass is 9.81. The van der Waals surface area contributed by atoms with Gasteiger partial charge in [-0.05, 0) is 54.5 Å². The fraction of sp³-hybridized carbons (Fsp3) is 0.378. The smallest absolute Gasteiger partial charge is 0.343 e. The quantitative estimate of drug-likeness (QED) is 0.0347. The summed E-state index contributed by atoms with van der Waals surface area (Å²) in [5.74, 6) is -4.18. The number of cyclic esters (lactones) is 1. The molecule has 3 aromatic heterocycles. The number of benzene rings is 2. The molecular formula is C45H48FN11O10. The molecule has 2 aliphatic heterocycles. The van der Waals surface area contributed by atoms with Crippen molar-refractivity contribution in [1.82, 2.24) is 51.1 Å². The molecule has 350 valence electrons. The molecule has 0 fully saturated rings. The van der Waals surface area contributed by atoms with Crippen molar-refractivity contribution in [3.63, 3.8) is 0 Å². The number of ether oxygens (including phenoxy) is 2. The van der Waals surface area contributed by atoms with Crippen LogP contribution in [0.1, 0.15) is 75.2 Å². The Hall–Kier alpha value is -7.43. The normalized spacial score (nSPS) is 17.1. The molecule has 5 heterocycles. The van der Waals surface area contributed by atoms with Gasteiger partial charge in [-0.3, -0.25) is 28.8 Å². The summed E-state index contributed by atoms with van der Waals surface area (Å²) in [5.41, 5.74) is 7.46. The van der Waals surface area contributed by atoms with Crippen LogP contribution in [-0.4, -0.2) is 104 Å². The molecule has 67 heavy (non-hydrogen) atoms. The number of rotatable bonds is 17. The summed E-state index contributed by atoms with van der Waals surface area (Å²) in [5, 5.41) is 33.1. The van der Waals surface area contributed by atoms with E-state index in [1.807, 2.05) is 0 Å². The monoisotopic (exact) mass is 921 g/mol. The van der Waals surface area contributed by atoms with Gasteiger partial charge in [0.25, 0.3) is 11.5 Å². The Labute approximate surface area is 381 Å². The molecule has 0 bridgehead atoms. The summed E-state index contributed by atoms with van der Waals surface area (Å²) < 4.78 is 29.0. The minimum atomic E-state index is -2.03. The third-order valence-electron chi connectivity index (χ3n) is 12.3. The van der Waals surface area contributed by atoms with Gasteiger partial charge in [0, 0.05) is 29.0 Å². The molecular weight excluding hydrogens is 874 g/mol. The molecule has 21 nitrogen and oxygen atoms in total. The summed E-state index contributed by atoms with van der Waals surface area (Å²) in [7, 11) is 0. The maximum absolute atomic E-state index is 15.4. The Balaban J connectivity index is 0.880. The molecule has 0 radical (unpaired) electrons. The summed E-state index contributed by atoms with van der Waals surface area (Å²) in [6.45, 7) is 1.97. The third kappa shape index (κ3) is 9.22. The number of esters is 1. The maximum Gasteiger partial charge on any atom is 0.343 e. The third-order valence-corrected chi connectivity index (χ3v) is 12.3. The van der Waals surface area contributed by atoms with E-state index in [1.165, 1.54) is 21.5 Å². The van der Waals surface area contributed by atoms with Crippen LogP contribution in [0.2, 0.25) is 0 Å². The second-order valence-electron chi connectivity index (χ2n) is 16.4. The van der Waals surface area contributed by atoms with Crippen LogP contribution in [0.15, 0.2) is 53.5 Å². The van der Waals surface area contributed by atoms with Crippen LogP contribution < -0.4 is 37.9 Å². The average Bonchev–Trinajstić information content (AvgIpc) is 3.96. The van der Waals surface area contributed by atoms with E-state index in [2.05, 4.69) is 36.9 Å². The van der Waals surface area contributed by atoms with Crippen LogP contribution in [0.25, 0.3) is 22.3 Å². The van der Waals surface area contributed by atoms with Crippen LogP contribution in [0.5, 0.6) is 0 Å². The highest BCUT2D eigenvalue weighted by Gasteiger charge is 2.46. The van der Waals surface area contributed by atoms with E-state index in [0.29, 0.717) is 51.8 Å². The summed E-state index contributed by atoms with van der Waals surface area (Å²) in [4.78, 5) is 94.8. The lowest BCUT2D eigenvalue weighted by Crippen LogP contribution is -2.52. The molecule has 8 rings (SSSR count). The Morgan fingerprint density at radius 1 is 1.03 bits per heavy atom. The average molecular weight is 922 g/mol. The fourth-order valence-corrected chi connectivity index (χ4v) is 8.71. The number of amides is 5. The first kappa shape index (κ1) is 46.1. The van der Waals surface area contributed by atoms with E-state index in [4.69, 9.17) is 20.2 Å². The minimum Gasteiger partial charge on any atom is -0.458 e. The highest BCUT2D eigenvalue weighted by molar-refractivity contribution is 5.96. The molecule has 5 amide bonds. The van der Waals surface area contributed by atoms with Gasteiger partial charge < -0.3 is 51.5 Å². The second kappa shape index (κ2) is 19.2. The SMILES string of the molecule is CC[C@@]1(O)C(=O)OCc2c1cc1n(c2=O)Cc2c-1nc1cc(F)c(C)c3c1c2[C@@H](NC(=O)c1cn(CCOCNC(=O)CNC(=O)[C@H](Cc2ccccc2)NC(=O)CNC(=O)CN)nn1)CC3. The predicted molar refractivity (Wildman–Crippen MR) is 234 cm³/mol. The number of aryl methyl sites for hydroxylation is 1. The summed E-state index contributed by atoms with van der Waals surface area (Å²) >= 11 is 0. The molecule has 8 N–H and O–H groups in total.